The van der Waals surface area contributed by atoms with Gasteiger partial charge in [-0.15, -0.1) is 0 Å². The molecule has 0 unspecified atom stereocenters. The third kappa shape index (κ3) is 1.40. The number of fused-ring (bicyclic) bond motifs is 5. The zero-order valence-corrected chi connectivity index (χ0v) is 10.3. The second-order valence-corrected chi connectivity index (χ2v) is 5.49. The summed E-state index contributed by atoms with van der Waals surface area (Å²) >= 11 is 0. The van der Waals surface area contributed by atoms with Gasteiger partial charge < -0.3 is 0 Å². The van der Waals surface area contributed by atoms with E-state index in [-0.39, 0.29) is 35.5 Å². The van der Waals surface area contributed by atoms with Crippen molar-refractivity contribution < 1.29 is 9.59 Å². The lowest BCUT2D eigenvalue weighted by molar-refractivity contribution is -0.139. The van der Waals surface area contributed by atoms with E-state index >= 15 is 0 Å². The molecule has 4 heteroatoms. The molecular formula is C15H14N2O2. The van der Waals surface area contributed by atoms with Crippen LogP contribution in [-0.2, 0) is 9.59 Å². The quantitative estimate of drug-likeness (QED) is 0.647. The molecule has 2 bridgehead atoms. The Labute approximate surface area is 111 Å². The van der Waals surface area contributed by atoms with Crippen LogP contribution in [0.1, 0.15) is 6.42 Å². The highest BCUT2D eigenvalue weighted by atomic mass is 16.2. The van der Waals surface area contributed by atoms with E-state index in [9.17, 15) is 9.59 Å². The van der Waals surface area contributed by atoms with Crippen molar-refractivity contribution in [3.8, 4) is 0 Å². The number of rotatable bonds is 2. The van der Waals surface area contributed by atoms with Crippen molar-refractivity contribution >= 4 is 17.5 Å². The van der Waals surface area contributed by atoms with E-state index in [0.717, 1.165) is 12.1 Å². The van der Waals surface area contributed by atoms with Crippen LogP contribution in [0.25, 0.3) is 0 Å². The third-order valence-electron chi connectivity index (χ3n) is 4.49. The monoisotopic (exact) mass is 254 g/mol. The number of hydrogen-bond donors (Lipinski definition) is 1. The molecule has 0 radical (unpaired) electrons. The van der Waals surface area contributed by atoms with Gasteiger partial charge >= 0.3 is 0 Å². The first kappa shape index (κ1) is 10.8. The van der Waals surface area contributed by atoms with Gasteiger partial charge in [-0.1, -0.05) is 30.4 Å². The molecule has 1 saturated heterocycles. The molecule has 1 aromatic rings. The van der Waals surface area contributed by atoms with E-state index in [0.29, 0.717) is 0 Å². The number of carbonyl (C=O) groups excluding carboxylic acids is 2. The summed E-state index contributed by atoms with van der Waals surface area (Å²) in [5, 5.41) is 1.22. The van der Waals surface area contributed by atoms with E-state index < -0.39 is 0 Å². The fourth-order valence-corrected chi connectivity index (χ4v) is 3.65. The molecule has 1 saturated carbocycles. The van der Waals surface area contributed by atoms with Gasteiger partial charge in [0.2, 0.25) is 0 Å². The molecule has 2 aliphatic carbocycles. The van der Waals surface area contributed by atoms with Gasteiger partial charge in [0.05, 0.1) is 17.5 Å². The number of hydrazine groups is 1. The highest BCUT2D eigenvalue weighted by Gasteiger charge is 2.59. The van der Waals surface area contributed by atoms with Crippen LogP contribution in [0.5, 0.6) is 0 Å². The second kappa shape index (κ2) is 3.70. The summed E-state index contributed by atoms with van der Waals surface area (Å²) in [5.74, 6) is 0.0897. The lowest BCUT2D eigenvalue weighted by Crippen LogP contribution is -2.37. The minimum absolute atomic E-state index is 0.0734. The van der Waals surface area contributed by atoms with Crippen molar-refractivity contribution in [1.29, 1.82) is 0 Å². The van der Waals surface area contributed by atoms with Crippen LogP contribution in [-0.4, -0.2) is 16.8 Å². The summed E-state index contributed by atoms with van der Waals surface area (Å²) in [6.07, 6.45) is 5.16. The molecule has 3 aliphatic rings. The average molecular weight is 254 g/mol. The molecule has 1 aliphatic heterocycles. The Morgan fingerprint density at radius 1 is 0.947 bits per heavy atom. The van der Waals surface area contributed by atoms with Gasteiger partial charge in [0.25, 0.3) is 11.8 Å². The van der Waals surface area contributed by atoms with Gasteiger partial charge in [-0.25, -0.2) is 0 Å². The molecule has 1 N–H and O–H groups in total. The maximum Gasteiger partial charge on any atom is 0.252 e. The summed E-state index contributed by atoms with van der Waals surface area (Å²) in [5.41, 5.74) is 3.71. The van der Waals surface area contributed by atoms with Crippen LogP contribution in [0.4, 0.5) is 5.69 Å². The average Bonchev–Trinajstić information content (AvgIpc) is 3.10. The highest BCUT2D eigenvalue weighted by Crippen LogP contribution is 2.52. The number of hydrogen-bond acceptors (Lipinski definition) is 3. The number of amides is 2. The van der Waals surface area contributed by atoms with Crippen molar-refractivity contribution in [2.45, 2.75) is 6.42 Å². The minimum atomic E-state index is -0.140. The van der Waals surface area contributed by atoms with E-state index in [4.69, 9.17) is 0 Å². The number of carbonyl (C=O) groups is 2. The molecule has 0 aromatic heterocycles. The lowest BCUT2D eigenvalue weighted by Gasteiger charge is -2.19. The minimum Gasteiger partial charge on any atom is -0.289 e. The summed E-state index contributed by atoms with van der Waals surface area (Å²) in [6.45, 7) is 0. The van der Waals surface area contributed by atoms with E-state index in [1.165, 1.54) is 5.01 Å². The molecule has 19 heavy (non-hydrogen) atoms. The van der Waals surface area contributed by atoms with Crippen LogP contribution in [0, 0.1) is 23.7 Å². The standard InChI is InChI=1S/C15H14N2O2/c18-14-12-9-6-7-10(8-9)13(12)15(19)17(14)16-11-4-2-1-3-5-11/h1-7,9-10,12-13,16H,8H2/t9-,10+,12-,13-/m1/s1. The summed E-state index contributed by atoms with van der Waals surface area (Å²) < 4.78 is 0. The maximum absolute atomic E-state index is 12.4. The molecule has 2 fully saturated rings. The number of imide groups is 1. The third-order valence-corrected chi connectivity index (χ3v) is 4.49. The molecule has 4 atom stereocenters. The topological polar surface area (TPSA) is 49.4 Å². The number of para-hydroxylation sites is 1. The van der Waals surface area contributed by atoms with Crippen LogP contribution >= 0.6 is 0 Å². The maximum atomic E-state index is 12.4. The van der Waals surface area contributed by atoms with Gasteiger partial charge in [-0.05, 0) is 30.4 Å². The van der Waals surface area contributed by atoms with Gasteiger partial charge in [-0.3, -0.25) is 15.0 Å². The van der Waals surface area contributed by atoms with Crippen molar-refractivity contribution in [1.82, 2.24) is 5.01 Å². The summed E-state index contributed by atoms with van der Waals surface area (Å²) in [7, 11) is 0. The number of nitrogens with one attached hydrogen (secondary N) is 1. The van der Waals surface area contributed by atoms with Gasteiger partial charge in [0.15, 0.2) is 0 Å². The molecular weight excluding hydrogens is 240 g/mol. The fourth-order valence-electron chi connectivity index (χ4n) is 3.65. The Kier molecular flexibility index (Phi) is 2.10. The van der Waals surface area contributed by atoms with Crippen molar-refractivity contribution in [3.63, 3.8) is 0 Å². The zero-order chi connectivity index (χ0) is 13.0. The molecule has 96 valence electrons. The van der Waals surface area contributed by atoms with E-state index in [1.54, 1.807) is 0 Å². The van der Waals surface area contributed by atoms with Crippen molar-refractivity contribution in [2.24, 2.45) is 23.7 Å². The first-order valence-electron chi connectivity index (χ1n) is 6.63. The summed E-state index contributed by atoms with van der Waals surface area (Å²) in [4.78, 5) is 24.8. The molecule has 1 aromatic carbocycles. The van der Waals surface area contributed by atoms with E-state index in [2.05, 4.69) is 17.6 Å². The first-order chi connectivity index (χ1) is 9.25. The number of anilines is 1. The van der Waals surface area contributed by atoms with Gasteiger partial charge in [0, 0.05) is 0 Å². The van der Waals surface area contributed by atoms with E-state index in [1.807, 2.05) is 30.3 Å². The number of allylic oxidation sites excluding steroid dienone is 2. The van der Waals surface area contributed by atoms with Crippen LogP contribution in [0.2, 0.25) is 0 Å². The lowest BCUT2D eigenvalue weighted by atomic mass is 9.85. The fraction of sp³-hybridized carbons (Fsp3) is 0.333. The molecule has 4 nitrogen and oxygen atoms in total. The largest absolute Gasteiger partial charge is 0.289 e. The Hall–Kier alpha value is -2.10. The smallest absolute Gasteiger partial charge is 0.252 e. The molecule has 1 heterocycles. The Balaban J connectivity index is 1.62. The zero-order valence-electron chi connectivity index (χ0n) is 10.3. The van der Waals surface area contributed by atoms with Crippen LogP contribution in [0.3, 0.4) is 0 Å². The van der Waals surface area contributed by atoms with Gasteiger partial charge in [0.1, 0.15) is 0 Å². The van der Waals surface area contributed by atoms with Gasteiger partial charge in [-0.2, -0.15) is 5.01 Å². The Morgan fingerprint density at radius 3 is 2.11 bits per heavy atom. The van der Waals surface area contributed by atoms with Crippen molar-refractivity contribution in [2.75, 3.05) is 5.43 Å². The molecule has 0 spiro atoms. The second-order valence-electron chi connectivity index (χ2n) is 5.49. The van der Waals surface area contributed by atoms with Crippen LogP contribution in [0.15, 0.2) is 42.5 Å². The predicted molar refractivity (Wildman–Crippen MR) is 69.6 cm³/mol. The van der Waals surface area contributed by atoms with Crippen molar-refractivity contribution in [3.05, 3.63) is 42.5 Å². The highest BCUT2D eigenvalue weighted by molar-refractivity contribution is 6.07. The summed E-state index contributed by atoms with van der Waals surface area (Å²) in [6, 6.07) is 9.35. The normalized spacial score (nSPS) is 35.1. The SMILES string of the molecule is O=C1[C@H]2[C@H](C(=O)N1Nc1ccccc1)[C@H]1C=C[C@@H]2C1. The predicted octanol–water partition coefficient (Wildman–Crippen LogP) is 1.82. The molecule has 4 rings (SSSR count). The Bertz CT molecular complexity index is 551. The number of benzene rings is 1. The van der Waals surface area contributed by atoms with Crippen LogP contribution < -0.4 is 5.43 Å². The molecule has 2 amide bonds. The first-order valence-corrected chi connectivity index (χ1v) is 6.63. The number of nitrogens with zero attached hydrogens (tertiary/aromatic N) is 1. The Morgan fingerprint density at radius 2 is 1.53 bits per heavy atom.